The largest absolute Gasteiger partial charge is 0.475 e. The molecular formula is C37H33N5O2. The molecule has 0 radical (unpaired) electrons. The summed E-state index contributed by atoms with van der Waals surface area (Å²) in [5.74, 6) is 2.99. The molecule has 0 spiro atoms. The van der Waals surface area contributed by atoms with E-state index in [0.29, 0.717) is 42.5 Å². The van der Waals surface area contributed by atoms with E-state index in [1.54, 1.807) is 0 Å². The molecule has 0 amide bonds. The van der Waals surface area contributed by atoms with E-state index in [1.807, 2.05) is 66.7 Å². The lowest BCUT2D eigenvalue weighted by Crippen LogP contribution is -2.17. The van der Waals surface area contributed by atoms with Crippen LogP contribution < -0.4 is 0 Å². The molecule has 2 aliphatic heterocycles. The van der Waals surface area contributed by atoms with Crippen LogP contribution in [0.3, 0.4) is 0 Å². The second-order valence-corrected chi connectivity index (χ2v) is 12.4. The minimum atomic E-state index is -0.252. The highest BCUT2D eigenvalue weighted by atomic mass is 16.5. The molecule has 5 aromatic rings. The zero-order valence-corrected chi connectivity index (χ0v) is 25.3. The van der Waals surface area contributed by atoms with Crippen molar-refractivity contribution in [3.8, 4) is 45.3 Å². The standard InChI is InChI=1S/C37H33N5O2/c1-36(2)22-43-34(41-36)29-14-8-12-27(20-29)32-38-31(26-18-16-25(17-19-26)24-10-6-5-7-11-24)39-33(40-32)28-13-9-15-30(21-28)35-42-37(3,4)23-44-35/h5-21H,22-23H2,1-4H3. The van der Waals surface area contributed by atoms with Gasteiger partial charge in [-0.3, -0.25) is 0 Å². The molecule has 0 unspecified atom stereocenters. The number of aliphatic imine (C=N–C) groups is 2. The van der Waals surface area contributed by atoms with E-state index >= 15 is 0 Å². The molecule has 7 rings (SSSR count). The maximum Gasteiger partial charge on any atom is 0.216 e. The quantitative estimate of drug-likeness (QED) is 0.206. The summed E-state index contributed by atoms with van der Waals surface area (Å²) in [6, 6.07) is 34.7. The van der Waals surface area contributed by atoms with Crippen LogP contribution in [0.4, 0.5) is 0 Å². The van der Waals surface area contributed by atoms with Gasteiger partial charge in [-0.25, -0.2) is 24.9 Å². The lowest BCUT2D eigenvalue weighted by atomic mass is 10.0. The van der Waals surface area contributed by atoms with Crippen LogP contribution in [0.25, 0.3) is 45.3 Å². The molecule has 3 heterocycles. The van der Waals surface area contributed by atoms with Gasteiger partial charge in [0.15, 0.2) is 17.5 Å². The van der Waals surface area contributed by atoms with Crippen LogP contribution in [0.2, 0.25) is 0 Å². The van der Waals surface area contributed by atoms with E-state index in [4.69, 9.17) is 34.4 Å². The van der Waals surface area contributed by atoms with Gasteiger partial charge in [0.2, 0.25) is 11.8 Å². The lowest BCUT2D eigenvalue weighted by molar-refractivity contribution is 0.279. The normalized spacial score (nSPS) is 16.5. The summed E-state index contributed by atoms with van der Waals surface area (Å²) in [6.07, 6.45) is 0. The predicted octanol–water partition coefficient (Wildman–Crippen LogP) is 7.65. The monoisotopic (exact) mass is 579 g/mol. The van der Waals surface area contributed by atoms with Crippen molar-refractivity contribution in [2.75, 3.05) is 13.2 Å². The summed E-state index contributed by atoms with van der Waals surface area (Å²) in [4.78, 5) is 24.4. The van der Waals surface area contributed by atoms with Crippen molar-refractivity contribution in [3.63, 3.8) is 0 Å². The highest BCUT2D eigenvalue weighted by Crippen LogP contribution is 2.30. The third kappa shape index (κ3) is 5.73. The van der Waals surface area contributed by atoms with Gasteiger partial charge < -0.3 is 9.47 Å². The predicted molar refractivity (Wildman–Crippen MR) is 175 cm³/mol. The molecule has 0 atom stereocenters. The van der Waals surface area contributed by atoms with Crippen molar-refractivity contribution < 1.29 is 9.47 Å². The van der Waals surface area contributed by atoms with Crippen molar-refractivity contribution in [1.29, 1.82) is 0 Å². The minimum absolute atomic E-state index is 0.252. The van der Waals surface area contributed by atoms with Crippen LogP contribution in [0, 0.1) is 0 Å². The van der Waals surface area contributed by atoms with Gasteiger partial charge >= 0.3 is 0 Å². The number of aromatic nitrogens is 3. The Morgan fingerprint density at radius 3 is 1.27 bits per heavy atom. The van der Waals surface area contributed by atoms with E-state index < -0.39 is 0 Å². The molecule has 0 saturated heterocycles. The average molecular weight is 580 g/mol. The molecule has 0 bridgehead atoms. The van der Waals surface area contributed by atoms with Gasteiger partial charge in [-0.15, -0.1) is 0 Å². The topological polar surface area (TPSA) is 81.9 Å². The Hall–Kier alpha value is -5.17. The number of rotatable bonds is 6. The molecule has 218 valence electrons. The van der Waals surface area contributed by atoms with Crippen molar-refractivity contribution in [1.82, 2.24) is 15.0 Å². The Kier molecular flexibility index (Phi) is 6.81. The molecule has 4 aromatic carbocycles. The maximum atomic E-state index is 5.93. The van der Waals surface area contributed by atoms with Gasteiger partial charge in [-0.05, 0) is 63.1 Å². The first kappa shape index (κ1) is 27.7. The third-order valence-electron chi connectivity index (χ3n) is 7.55. The van der Waals surface area contributed by atoms with Gasteiger partial charge in [-0.2, -0.15) is 0 Å². The summed E-state index contributed by atoms with van der Waals surface area (Å²) < 4.78 is 11.9. The van der Waals surface area contributed by atoms with Gasteiger partial charge in [0.1, 0.15) is 13.2 Å². The maximum absolute atomic E-state index is 5.93. The van der Waals surface area contributed by atoms with Gasteiger partial charge in [0.05, 0.1) is 11.1 Å². The summed E-state index contributed by atoms with van der Waals surface area (Å²) >= 11 is 0. The summed E-state index contributed by atoms with van der Waals surface area (Å²) in [5.41, 5.74) is 6.18. The number of hydrogen-bond acceptors (Lipinski definition) is 7. The van der Waals surface area contributed by atoms with E-state index in [9.17, 15) is 0 Å². The van der Waals surface area contributed by atoms with Crippen molar-refractivity contribution in [3.05, 3.63) is 114 Å². The van der Waals surface area contributed by atoms with Crippen LogP contribution >= 0.6 is 0 Å². The molecule has 1 aromatic heterocycles. The smallest absolute Gasteiger partial charge is 0.216 e. The summed E-state index contributed by atoms with van der Waals surface area (Å²) in [5, 5.41) is 0. The molecule has 7 heteroatoms. The van der Waals surface area contributed by atoms with E-state index in [0.717, 1.165) is 38.9 Å². The highest BCUT2D eigenvalue weighted by molar-refractivity contribution is 5.97. The summed E-state index contributed by atoms with van der Waals surface area (Å²) in [6.45, 7) is 9.36. The molecule has 44 heavy (non-hydrogen) atoms. The lowest BCUT2D eigenvalue weighted by Gasteiger charge is -2.11. The van der Waals surface area contributed by atoms with Crippen LogP contribution in [-0.2, 0) is 9.47 Å². The van der Waals surface area contributed by atoms with Crippen LogP contribution in [0.1, 0.15) is 38.8 Å². The van der Waals surface area contributed by atoms with Gasteiger partial charge in [0.25, 0.3) is 0 Å². The van der Waals surface area contributed by atoms with Crippen LogP contribution in [0.15, 0.2) is 113 Å². The minimum Gasteiger partial charge on any atom is -0.475 e. The zero-order chi connectivity index (χ0) is 30.3. The van der Waals surface area contributed by atoms with Crippen LogP contribution in [0.5, 0.6) is 0 Å². The first-order valence-corrected chi connectivity index (χ1v) is 14.8. The fourth-order valence-corrected chi connectivity index (χ4v) is 5.25. The number of hydrogen-bond donors (Lipinski definition) is 0. The second kappa shape index (κ2) is 10.8. The first-order chi connectivity index (χ1) is 21.2. The molecule has 0 fully saturated rings. The Balaban J connectivity index is 1.32. The zero-order valence-electron chi connectivity index (χ0n) is 25.3. The summed E-state index contributed by atoms with van der Waals surface area (Å²) in [7, 11) is 0. The Morgan fingerprint density at radius 2 is 0.818 bits per heavy atom. The first-order valence-electron chi connectivity index (χ1n) is 14.8. The fraction of sp³-hybridized carbons (Fsp3) is 0.216. The average Bonchev–Trinajstić information content (AvgIpc) is 3.62. The molecule has 7 nitrogen and oxygen atoms in total. The van der Waals surface area contributed by atoms with Crippen LogP contribution in [-0.4, -0.2) is 51.0 Å². The molecule has 0 saturated carbocycles. The second-order valence-electron chi connectivity index (χ2n) is 12.4. The Labute approximate surface area is 257 Å². The Bertz CT molecular complexity index is 1820. The van der Waals surface area contributed by atoms with Crippen molar-refractivity contribution >= 4 is 11.8 Å². The van der Waals surface area contributed by atoms with Gasteiger partial charge in [-0.1, -0.05) is 78.9 Å². The number of ether oxygens (including phenoxy) is 2. The molecule has 0 N–H and O–H groups in total. The van der Waals surface area contributed by atoms with Crippen molar-refractivity contribution in [2.24, 2.45) is 9.98 Å². The Morgan fingerprint density at radius 1 is 0.432 bits per heavy atom. The SMILES string of the molecule is CC1(C)COC(c2cccc(-c3nc(-c4ccc(-c5ccccc5)cc4)nc(-c4cccc(C5=NC(C)(C)CO5)c4)n3)c2)=N1. The third-order valence-corrected chi connectivity index (χ3v) is 7.55. The number of nitrogens with zero attached hydrogens (tertiary/aromatic N) is 5. The van der Waals surface area contributed by atoms with Crippen molar-refractivity contribution in [2.45, 2.75) is 38.8 Å². The molecule has 2 aliphatic rings. The van der Waals surface area contributed by atoms with Gasteiger partial charge in [0, 0.05) is 27.8 Å². The van der Waals surface area contributed by atoms with E-state index in [-0.39, 0.29) is 11.1 Å². The highest BCUT2D eigenvalue weighted by Gasteiger charge is 2.28. The van der Waals surface area contributed by atoms with E-state index in [2.05, 4.69) is 64.1 Å². The molecular weight excluding hydrogens is 546 g/mol. The number of benzene rings is 4. The molecule has 0 aliphatic carbocycles. The fourth-order valence-electron chi connectivity index (χ4n) is 5.25. The van der Waals surface area contributed by atoms with E-state index in [1.165, 1.54) is 0 Å².